The summed E-state index contributed by atoms with van der Waals surface area (Å²) >= 11 is 0. The average molecular weight is 117 g/mol. The first-order valence-corrected chi connectivity index (χ1v) is 2.06. The van der Waals surface area contributed by atoms with E-state index in [1.54, 1.807) is 0 Å². The highest BCUT2D eigenvalue weighted by atomic mass is 19.1. The van der Waals surface area contributed by atoms with Crippen LogP contribution in [-0.2, 0) is 0 Å². The molecule has 0 amide bonds. The molecule has 0 radical (unpaired) electrons. The predicted molar refractivity (Wildman–Crippen MR) is 30.2 cm³/mol. The summed E-state index contributed by atoms with van der Waals surface area (Å²) in [4.78, 5) is 0. The van der Waals surface area contributed by atoms with Crippen LogP contribution in [0.15, 0.2) is 12.0 Å². The molecule has 0 atom stereocenters. The lowest BCUT2D eigenvalue weighted by Gasteiger charge is -1.89. The van der Waals surface area contributed by atoms with E-state index in [4.69, 9.17) is 11.1 Å². The number of halogens is 1. The second-order valence-electron chi connectivity index (χ2n) is 1.19. The zero-order valence-electron chi connectivity index (χ0n) is 4.53. The van der Waals surface area contributed by atoms with Crippen LogP contribution >= 0.6 is 0 Å². The molecule has 0 saturated heterocycles. The normalized spacial score (nSPS) is 11.0. The van der Waals surface area contributed by atoms with Crippen molar-refractivity contribution in [2.24, 2.45) is 5.73 Å². The summed E-state index contributed by atoms with van der Waals surface area (Å²) in [6.07, 6.45) is 1.02. The van der Waals surface area contributed by atoms with E-state index in [2.05, 4.69) is 5.32 Å². The number of nitrogens with one attached hydrogen (secondary N) is 2. The Balaban J connectivity index is 3.80. The molecule has 0 spiro atoms. The van der Waals surface area contributed by atoms with Gasteiger partial charge in [-0.1, -0.05) is 0 Å². The SMILES string of the molecule is CN/C=C(/F)C(=N)N. The van der Waals surface area contributed by atoms with E-state index in [1.165, 1.54) is 7.05 Å². The van der Waals surface area contributed by atoms with Crippen molar-refractivity contribution in [1.82, 2.24) is 5.32 Å². The summed E-state index contributed by atoms with van der Waals surface area (Å²) in [7, 11) is 1.53. The molecule has 0 heterocycles. The second kappa shape index (κ2) is 3.01. The lowest BCUT2D eigenvalue weighted by Crippen LogP contribution is -2.11. The minimum absolute atomic E-state index is 0.556. The maximum Gasteiger partial charge on any atom is 0.180 e. The molecule has 8 heavy (non-hydrogen) atoms. The van der Waals surface area contributed by atoms with Crippen molar-refractivity contribution in [3.8, 4) is 0 Å². The Morgan fingerprint density at radius 2 is 2.38 bits per heavy atom. The van der Waals surface area contributed by atoms with Gasteiger partial charge in [0.2, 0.25) is 0 Å². The summed E-state index contributed by atoms with van der Waals surface area (Å²) in [5, 5.41) is 8.89. The highest BCUT2D eigenvalue weighted by Gasteiger charge is 1.93. The fourth-order valence-corrected chi connectivity index (χ4v) is 0.204. The molecule has 0 saturated carbocycles. The van der Waals surface area contributed by atoms with Crippen molar-refractivity contribution in [3.63, 3.8) is 0 Å². The number of nitrogens with two attached hydrogens (primary N) is 1. The van der Waals surface area contributed by atoms with Gasteiger partial charge in [0.25, 0.3) is 0 Å². The molecule has 4 N–H and O–H groups in total. The molecule has 0 unspecified atom stereocenters. The molecular formula is C4H8FN3. The van der Waals surface area contributed by atoms with Gasteiger partial charge in [0, 0.05) is 13.2 Å². The summed E-state index contributed by atoms with van der Waals surface area (Å²) < 4.78 is 12.0. The maximum absolute atomic E-state index is 12.0. The molecule has 0 aromatic rings. The Hall–Kier alpha value is -1.06. The van der Waals surface area contributed by atoms with E-state index in [0.29, 0.717) is 0 Å². The van der Waals surface area contributed by atoms with Crippen LogP contribution in [0.5, 0.6) is 0 Å². The van der Waals surface area contributed by atoms with E-state index in [9.17, 15) is 4.39 Å². The molecule has 0 aliphatic rings. The lowest BCUT2D eigenvalue weighted by molar-refractivity contribution is 0.668. The van der Waals surface area contributed by atoms with E-state index in [0.717, 1.165) is 6.20 Å². The number of rotatable bonds is 2. The van der Waals surface area contributed by atoms with Gasteiger partial charge in [0.15, 0.2) is 11.7 Å². The summed E-state index contributed by atoms with van der Waals surface area (Å²) in [5.41, 5.74) is 4.72. The molecule has 4 heteroatoms. The van der Waals surface area contributed by atoms with Crippen LogP contribution in [-0.4, -0.2) is 12.9 Å². The number of hydrogen-bond donors (Lipinski definition) is 3. The first kappa shape index (κ1) is 6.94. The Kier molecular flexibility index (Phi) is 2.61. The number of amidine groups is 1. The van der Waals surface area contributed by atoms with Crippen LogP contribution in [0.4, 0.5) is 4.39 Å². The summed E-state index contributed by atoms with van der Waals surface area (Å²) in [6, 6.07) is 0. The highest BCUT2D eigenvalue weighted by molar-refractivity contribution is 5.91. The van der Waals surface area contributed by atoms with Gasteiger partial charge in [-0.3, -0.25) is 5.41 Å². The topological polar surface area (TPSA) is 61.9 Å². The monoisotopic (exact) mass is 117 g/mol. The van der Waals surface area contributed by atoms with E-state index in [-0.39, 0.29) is 0 Å². The molecule has 0 bridgehead atoms. The largest absolute Gasteiger partial charge is 0.392 e. The lowest BCUT2D eigenvalue weighted by atomic mass is 10.5. The van der Waals surface area contributed by atoms with E-state index < -0.39 is 11.7 Å². The molecule has 0 aliphatic heterocycles. The van der Waals surface area contributed by atoms with Crippen molar-refractivity contribution in [2.45, 2.75) is 0 Å². The minimum Gasteiger partial charge on any atom is -0.392 e. The highest BCUT2D eigenvalue weighted by Crippen LogP contribution is 1.89. The third kappa shape index (κ3) is 2.17. The van der Waals surface area contributed by atoms with Crippen molar-refractivity contribution in [3.05, 3.63) is 12.0 Å². The van der Waals surface area contributed by atoms with Crippen LogP contribution in [0, 0.1) is 5.41 Å². The van der Waals surface area contributed by atoms with Crippen LogP contribution in [0.2, 0.25) is 0 Å². The molecular weight excluding hydrogens is 109 g/mol. The smallest absolute Gasteiger partial charge is 0.180 e. The molecule has 0 aliphatic carbocycles. The standard InChI is InChI=1S/C4H8FN3/c1-8-2-3(5)4(6)7/h2,8H,1H3,(H3,6,7)/b3-2+. The van der Waals surface area contributed by atoms with Crippen LogP contribution < -0.4 is 11.1 Å². The maximum atomic E-state index is 12.0. The molecule has 0 rings (SSSR count). The molecule has 0 fully saturated rings. The Morgan fingerprint density at radius 3 is 2.50 bits per heavy atom. The van der Waals surface area contributed by atoms with Gasteiger partial charge in [0.1, 0.15) is 0 Å². The zero-order chi connectivity index (χ0) is 6.57. The Morgan fingerprint density at radius 1 is 1.88 bits per heavy atom. The molecule has 0 aromatic heterocycles. The molecule has 3 nitrogen and oxygen atoms in total. The fourth-order valence-electron chi connectivity index (χ4n) is 0.204. The first-order valence-electron chi connectivity index (χ1n) is 2.06. The van der Waals surface area contributed by atoms with Crippen molar-refractivity contribution in [1.29, 1.82) is 5.41 Å². The van der Waals surface area contributed by atoms with Crippen molar-refractivity contribution in [2.75, 3.05) is 7.05 Å². The van der Waals surface area contributed by atoms with Gasteiger partial charge in [0.05, 0.1) is 0 Å². The van der Waals surface area contributed by atoms with Crippen molar-refractivity contribution >= 4 is 5.84 Å². The van der Waals surface area contributed by atoms with Crippen LogP contribution in [0.3, 0.4) is 0 Å². The third-order valence-electron chi connectivity index (χ3n) is 0.528. The third-order valence-corrected chi connectivity index (χ3v) is 0.528. The van der Waals surface area contributed by atoms with Crippen LogP contribution in [0.25, 0.3) is 0 Å². The summed E-state index contributed by atoms with van der Waals surface area (Å²) in [5.74, 6) is -1.30. The zero-order valence-corrected chi connectivity index (χ0v) is 4.53. The minimum atomic E-state index is -0.743. The Bertz CT molecular complexity index is 118. The van der Waals surface area contributed by atoms with Gasteiger partial charge in [-0.2, -0.15) is 0 Å². The Labute approximate surface area is 46.9 Å². The first-order chi connectivity index (χ1) is 3.68. The molecule has 0 aromatic carbocycles. The quantitative estimate of drug-likeness (QED) is 0.351. The van der Waals surface area contributed by atoms with Gasteiger partial charge < -0.3 is 11.1 Å². The van der Waals surface area contributed by atoms with Crippen molar-refractivity contribution < 1.29 is 4.39 Å². The summed E-state index contributed by atoms with van der Waals surface area (Å²) in [6.45, 7) is 0. The number of hydrogen-bond acceptors (Lipinski definition) is 2. The van der Waals surface area contributed by atoms with E-state index in [1.807, 2.05) is 0 Å². The van der Waals surface area contributed by atoms with Gasteiger partial charge in [-0.05, 0) is 0 Å². The fraction of sp³-hybridized carbons (Fsp3) is 0.250. The van der Waals surface area contributed by atoms with E-state index >= 15 is 0 Å². The molecule has 46 valence electrons. The van der Waals surface area contributed by atoms with Gasteiger partial charge in [-0.15, -0.1) is 0 Å². The van der Waals surface area contributed by atoms with Gasteiger partial charge in [-0.25, -0.2) is 4.39 Å². The second-order valence-corrected chi connectivity index (χ2v) is 1.19. The predicted octanol–water partition coefficient (Wildman–Crippen LogP) is -0.0473. The van der Waals surface area contributed by atoms with Gasteiger partial charge >= 0.3 is 0 Å². The average Bonchev–Trinajstić information content (AvgIpc) is 1.67. The van der Waals surface area contributed by atoms with Crippen LogP contribution in [0.1, 0.15) is 0 Å².